The fourth-order valence-corrected chi connectivity index (χ4v) is 12.2. The summed E-state index contributed by atoms with van der Waals surface area (Å²) in [5.74, 6) is 0. The monoisotopic (exact) mass is 841 g/mol. The Bertz CT molecular complexity index is 3920. The van der Waals surface area contributed by atoms with Crippen LogP contribution >= 0.6 is 0 Å². The number of nitrogens with zero attached hydrogens (tertiary/aromatic N) is 1. The van der Waals surface area contributed by atoms with Crippen LogP contribution in [-0.4, -0.2) is 4.57 Å². The van der Waals surface area contributed by atoms with Gasteiger partial charge in [0.1, 0.15) is 11.2 Å². The number of hydrogen-bond donors (Lipinski definition) is 0. The second-order valence-corrected chi connectivity index (χ2v) is 18.7. The second kappa shape index (κ2) is 13.7. The van der Waals surface area contributed by atoms with Crippen molar-refractivity contribution in [3.8, 4) is 50.2 Å². The molecule has 66 heavy (non-hydrogen) atoms. The van der Waals surface area contributed by atoms with Gasteiger partial charge in [0.2, 0.25) is 0 Å². The summed E-state index contributed by atoms with van der Waals surface area (Å²) < 4.78 is 9.33. The molecule has 0 N–H and O–H groups in total. The SMILES string of the molecule is CC1(C)c2ccccc2-c2cc(-c3ccc4c(c3)c3ccccc3n4-c3cc(-c4cccc5c4-c4ccccc4C5(c4ccccc4)c4ccccc4)c4c(c3)oc3ccccc34)ccc21. The Labute approximate surface area is 383 Å². The highest BCUT2D eigenvalue weighted by atomic mass is 16.3. The first kappa shape index (κ1) is 37.2. The molecule has 2 heterocycles. The summed E-state index contributed by atoms with van der Waals surface area (Å²) in [5, 5.41) is 4.68. The average molecular weight is 842 g/mol. The van der Waals surface area contributed by atoms with Crippen LogP contribution in [0.2, 0.25) is 0 Å². The third-order valence-corrected chi connectivity index (χ3v) is 15.1. The first-order valence-corrected chi connectivity index (χ1v) is 23.1. The maximum atomic E-state index is 6.89. The van der Waals surface area contributed by atoms with Crippen molar-refractivity contribution in [2.75, 3.05) is 0 Å². The predicted molar refractivity (Wildman–Crippen MR) is 274 cm³/mol. The van der Waals surface area contributed by atoms with E-state index in [0.717, 1.165) is 44.2 Å². The normalized spacial score (nSPS) is 14.2. The van der Waals surface area contributed by atoms with Gasteiger partial charge in [0, 0.05) is 33.0 Å². The van der Waals surface area contributed by atoms with Gasteiger partial charge >= 0.3 is 0 Å². The molecule has 0 bridgehead atoms. The molecule has 0 saturated carbocycles. The molecule has 0 radical (unpaired) electrons. The van der Waals surface area contributed by atoms with Gasteiger partial charge in [-0.3, -0.25) is 0 Å². The van der Waals surface area contributed by atoms with Crippen molar-refractivity contribution >= 4 is 43.7 Å². The summed E-state index contributed by atoms with van der Waals surface area (Å²) in [7, 11) is 0. The quantitative estimate of drug-likeness (QED) is 0.169. The number of fused-ring (bicyclic) bond motifs is 12. The number of furan rings is 1. The van der Waals surface area contributed by atoms with E-state index in [1.165, 1.54) is 83.1 Å². The molecule has 2 nitrogen and oxygen atoms in total. The number of hydrogen-bond acceptors (Lipinski definition) is 1. The minimum absolute atomic E-state index is 0.0300. The van der Waals surface area contributed by atoms with Crippen molar-refractivity contribution < 1.29 is 4.42 Å². The fourth-order valence-electron chi connectivity index (χ4n) is 12.2. The summed E-state index contributed by atoms with van der Waals surface area (Å²) in [4.78, 5) is 0. The van der Waals surface area contributed by atoms with E-state index < -0.39 is 5.41 Å². The highest BCUT2D eigenvalue weighted by Gasteiger charge is 2.47. The first-order valence-electron chi connectivity index (χ1n) is 23.1. The van der Waals surface area contributed by atoms with E-state index in [2.05, 4.69) is 243 Å². The van der Waals surface area contributed by atoms with Gasteiger partial charge < -0.3 is 8.98 Å². The van der Waals surface area contributed by atoms with Crippen molar-refractivity contribution in [2.24, 2.45) is 0 Å². The first-order chi connectivity index (χ1) is 32.5. The van der Waals surface area contributed by atoms with Crippen LogP contribution in [0.15, 0.2) is 229 Å². The van der Waals surface area contributed by atoms with Crippen molar-refractivity contribution in [3.05, 3.63) is 258 Å². The third kappa shape index (κ3) is 4.96. The predicted octanol–water partition coefficient (Wildman–Crippen LogP) is 16.7. The van der Waals surface area contributed by atoms with Gasteiger partial charge in [0.25, 0.3) is 0 Å². The molecule has 14 rings (SSSR count). The summed E-state index contributed by atoms with van der Waals surface area (Å²) in [6.45, 7) is 4.69. The summed E-state index contributed by atoms with van der Waals surface area (Å²) in [6.07, 6.45) is 0. The van der Waals surface area contributed by atoms with Crippen LogP contribution < -0.4 is 0 Å². The number of para-hydroxylation sites is 2. The molecule has 0 spiro atoms. The minimum Gasteiger partial charge on any atom is -0.456 e. The fraction of sp³-hybridized carbons (Fsp3) is 0.0625. The summed E-state index contributed by atoms with van der Waals surface area (Å²) in [5.41, 5.74) is 22.4. The van der Waals surface area contributed by atoms with E-state index in [-0.39, 0.29) is 5.41 Å². The van der Waals surface area contributed by atoms with Gasteiger partial charge in [-0.15, -0.1) is 0 Å². The lowest BCUT2D eigenvalue weighted by atomic mass is 9.67. The van der Waals surface area contributed by atoms with E-state index in [4.69, 9.17) is 4.42 Å². The van der Waals surface area contributed by atoms with Gasteiger partial charge in [-0.25, -0.2) is 0 Å². The smallest absolute Gasteiger partial charge is 0.138 e. The molecule has 0 amide bonds. The molecular formula is C64H43NO. The minimum atomic E-state index is -0.511. The zero-order valence-corrected chi connectivity index (χ0v) is 36.7. The van der Waals surface area contributed by atoms with E-state index in [9.17, 15) is 0 Å². The van der Waals surface area contributed by atoms with Gasteiger partial charge in [-0.05, 0) is 114 Å². The van der Waals surface area contributed by atoms with Crippen LogP contribution in [0, 0.1) is 0 Å². The van der Waals surface area contributed by atoms with Gasteiger partial charge in [-0.1, -0.05) is 196 Å². The third-order valence-electron chi connectivity index (χ3n) is 15.1. The molecule has 0 aliphatic heterocycles. The highest BCUT2D eigenvalue weighted by molar-refractivity contribution is 6.16. The Morgan fingerprint density at radius 3 is 1.76 bits per heavy atom. The van der Waals surface area contributed by atoms with Crippen LogP contribution in [0.5, 0.6) is 0 Å². The van der Waals surface area contributed by atoms with Crippen molar-refractivity contribution in [3.63, 3.8) is 0 Å². The van der Waals surface area contributed by atoms with Crippen molar-refractivity contribution in [2.45, 2.75) is 24.7 Å². The Kier molecular flexibility index (Phi) is 7.70. The molecule has 0 fully saturated rings. The van der Waals surface area contributed by atoms with Gasteiger partial charge in [0.15, 0.2) is 0 Å². The largest absolute Gasteiger partial charge is 0.456 e. The number of aromatic nitrogens is 1. The molecule has 0 unspecified atom stereocenters. The van der Waals surface area contributed by atoms with Crippen LogP contribution in [0.1, 0.15) is 47.2 Å². The van der Waals surface area contributed by atoms with Crippen LogP contribution in [-0.2, 0) is 10.8 Å². The molecule has 310 valence electrons. The molecule has 12 aromatic rings. The number of benzene rings is 10. The highest BCUT2D eigenvalue weighted by Crippen LogP contribution is 2.59. The van der Waals surface area contributed by atoms with Crippen LogP contribution in [0.4, 0.5) is 0 Å². The molecule has 2 aromatic heterocycles. The van der Waals surface area contributed by atoms with E-state index in [1.54, 1.807) is 0 Å². The second-order valence-electron chi connectivity index (χ2n) is 18.7. The van der Waals surface area contributed by atoms with Crippen molar-refractivity contribution in [1.29, 1.82) is 0 Å². The Hall–Kier alpha value is -8.20. The zero-order valence-electron chi connectivity index (χ0n) is 36.7. The molecule has 2 heteroatoms. The lowest BCUT2D eigenvalue weighted by Gasteiger charge is -2.34. The van der Waals surface area contributed by atoms with E-state index >= 15 is 0 Å². The lowest BCUT2D eigenvalue weighted by molar-refractivity contribution is 0.660. The lowest BCUT2D eigenvalue weighted by Crippen LogP contribution is -2.28. The maximum Gasteiger partial charge on any atom is 0.138 e. The topological polar surface area (TPSA) is 18.1 Å². The molecule has 2 aliphatic rings. The number of rotatable bonds is 5. The molecular weight excluding hydrogens is 799 g/mol. The molecule has 0 saturated heterocycles. The zero-order chi connectivity index (χ0) is 43.7. The van der Waals surface area contributed by atoms with E-state index in [0.29, 0.717) is 0 Å². The van der Waals surface area contributed by atoms with Crippen molar-refractivity contribution in [1.82, 2.24) is 4.57 Å². The standard InChI is InChI=1S/C64H43NO/c1-63(2)53-27-13-9-22-45(53)50-36-40(32-34-54(50)63)41-33-35-58-51(37-41)46-23-11-15-30-57(46)65(58)44-38-52(62-49-25-12-16-31-59(49)66-60(62)39-44)47-26-17-29-56-61(47)48-24-10-14-28-55(48)64(56,42-18-5-3-6-19-42)43-20-7-4-8-21-43/h3-39H,1-2H3. The Balaban J connectivity index is 1.02. The molecule has 2 aliphatic carbocycles. The van der Waals surface area contributed by atoms with Gasteiger partial charge in [-0.2, -0.15) is 0 Å². The van der Waals surface area contributed by atoms with Gasteiger partial charge in [0.05, 0.1) is 22.1 Å². The molecule has 0 atom stereocenters. The van der Waals surface area contributed by atoms with Crippen LogP contribution in [0.3, 0.4) is 0 Å². The average Bonchev–Trinajstić information content (AvgIpc) is 4.08. The Morgan fingerprint density at radius 2 is 0.955 bits per heavy atom. The Morgan fingerprint density at radius 1 is 0.364 bits per heavy atom. The van der Waals surface area contributed by atoms with Crippen LogP contribution in [0.25, 0.3) is 93.9 Å². The summed E-state index contributed by atoms with van der Waals surface area (Å²) >= 11 is 0. The summed E-state index contributed by atoms with van der Waals surface area (Å²) in [6, 6.07) is 83.2. The van der Waals surface area contributed by atoms with E-state index in [1.807, 2.05) is 0 Å². The maximum absolute atomic E-state index is 6.89. The molecule has 10 aromatic carbocycles.